The van der Waals surface area contributed by atoms with Gasteiger partial charge in [-0.3, -0.25) is 0 Å². The molecule has 2 N–H and O–H groups in total. The Hall–Kier alpha value is -1.06. The van der Waals surface area contributed by atoms with E-state index in [0.29, 0.717) is 16.7 Å². The number of aromatic nitrogens is 1. The fraction of sp³-hybridized carbons (Fsp3) is 0.250. The number of nitrogen functional groups attached to an aromatic ring is 1. The van der Waals surface area contributed by atoms with Gasteiger partial charge in [0, 0.05) is 5.39 Å². The molecule has 2 rings (SSSR count). The van der Waals surface area contributed by atoms with Gasteiger partial charge >= 0.3 is 0 Å². The first-order chi connectivity index (χ1) is 7.91. The summed E-state index contributed by atoms with van der Waals surface area (Å²) in [7, 11) is 0. The molecule has 0 saturated carbocycles. The van der Waals surface area contributed by atoms with Gasteiger partial charge in [0.05, 0.1) is 15.6 Å². The van der Waals surface area contributed by atoms with E-state index in [2.05, 4.69) is 4.98 Å². The monoisotopic (exact) mass is 272 g/mol. The normalized spacial score (nSPS) is 11.4. The lowest BCUT2D eigenvalue weighted by molar-refractivity contribution is 0.630. The number of fused-ring (bicyclic) bond motifs is 1. The molecule has 0 spiro atoms. The van der Waals surface area contributed by atoms with Crippen LogP contribution in [0.4, 0.5) is 10.2 Å². The van der Waals surface area contributed by atoms with Crippen LogP contribution in [0.5, 0.6) is 0 Å². The van der Waals surface area contributed by atoms with Crippen LogP contribution in [-0.2, 0) is 0 Å². The van der Waals surface area contributed by atoms with Crippen LogP contribution in [0.2, 0.25) is 10.0 Å². The first-order valence-corrected chi connectivity index (χ1v) is 5.91. The number of hydrogen-bond acceptors (Lipinski definition) is 2. The molecule has 1 heterocycles. The molecule has 17 heavy (non-hydrogen) atoms. The van der Waals surface area contributed by atoms with E-state index in [9.17, 15) is 4.39 Å². The van der Waals surface area contributed by atoms with Crippen molar-refractivity contribution in [3.63, 3.8) is 0 Å². The van der Waals surface area contributed by atoms with Gasteiger partial charge in [0.15, 0.2) is 5.82 Å². The van der Waals surface area contributed by atoms with Gasteiger partial charge in [-0.15, -0.1) is 0 Å². The average molecular weight is 273 g/mol. The maximum Gasteiger partial charge on any atom is 0.161 e. The van der Waals surface area contributed by atoms with Gasteiger partial charge in [0.25, 0.3) is 0 Å². The lowest BCUT2D eigenvalue weighted by Gasteiger charge is -2.11. The highest BCUT2D eigenvalue weighted by molar-refractivity contribution is 6.38. The van der Waals surface area contributed by atoms with Crippen molar-refractivity contribution in [2.45, 2.75) is 19.8 Å². The van der Waals surface area contributed by atoms with Crippen LogP contribution in [0.25, 0.3) is 10.9 Å². The Morgan fingerprint density at radius 3 is 2.53 bits per heavy atom. The minimum atomic E-state index is -0.623. The van der Waals surface area contributed by atoms with Gasteiger partial charge in [-0.25, -0.2) is 9.37 Å². The first kappa shape index (κ1) is 12.4. The molecule has 0 aliphatic carbocycles. The van der Waals surface area contributed by atoms with Crippen LogP contribution < -0.4 is 5.73 Å². The van der Waals surface area contributed by atoms with Crippen molar-refractivity contribution >= 4 is 39.9 Å². The van der Waals surface area contributed by atoms with Crippen molar-refractivity contribution < 1.29 is 4.39 Å². The number of rotatable bonds is 1. The summed E-state index contributed by atoms with van der Waals surface area (Å²) < 4.78 is 13.6. The SMILES string of the molecule is CC(C)c1cc2c(Cl)c(F)c(Cl)cc2nc1N. The van der Waals surface area contributed by atoms with Crippen LogP contribution in [0.3, 0.4) is 0 Å². The number of pyridine rings is 1. The quantitative estimate of drug-likeness (QED) is 0.783. The maximum absolute atomic E-state index is 13.6. The van der Waals surface area contributed by atoms with Crippen LogP contribution in [-0.4, -0.2) is 4.98 Å². The zero-order valence-electron chi connectivity index (χ0n) is 9.39. The highest BCUT2D eigenvalue weighted by Gasteiger charge is 2.14. The fourth-order valence-electron chi connectivity index (χ4n) is 1.71. The van der Waals surface area contributed by atoms with Gasteiger partial charge in [-0.1, -0.05) is 37.0 Å². The minimum Gasteiger partial charge on any atom is -0.383 e. The second-order valence-electron chi connectivity index (χ2n) is 4.17. The third-order valence-electron chi connectivity index (χ3n) is 2.64. The summed E-state index contributed by atoms with van der Waals surface area (Å²) in [6.45, 7) is 3.97. The molecule has 0 amide bonds. The third kappa shape index (κ3) is 2.05. The molecule has 2 aromatic rings. The number of benzene rings is 1. The Morgan fingerprint density at radius 2 is 1.94 bits per heavy atom. The van der Waals surface area contributed by atoms with Gasteiger partial charge in [0.1, 0.15) is 5.82 Å². The smallest absolute Gasteiger partial charge is 0.161 e. The minimum absolute atomic E-state index is 0.0121. The van der Waals surface area contributed by atoms with E-state index in [1.165, 1.54) is 6.07 Å². The Balaban J connectivity index is 2.85. The zero-order chi connectivity index (χ0) is 12.7. The summed E-state index contributed by atoms with van der Waals surface area (Å²) in [5.41, 5.74) is 7.19. The molecule has 0 saturated heterocycles. The van der Waals surface area contributed by atoms with Crippen molar-refractivity contribution in [1.82, 2.24) is 4.98 Å². The third-order valence-corrected chi connectivity index (χ3v) is 3.28. The van der Waals surface area contributed by atoms with Crippen LogP contribution in [0.15, 0.2) is 12.1 Å². The van der Waals surface area contributed by atoms with Crippen molar-refractivity contribution in [3.8, 4) is 0 Å². The summed E-state index contributed by atoms with van der Waals surface area (Å²) in [4.78, 5) is 4.20. The van der Waals surface area contributed by atoms with Gasteiger partial charge in [0.2, 0.25) is 0 Å². The Labute approximate surface area is 109 Å². The predicted octanol–water partition coefficient (Wildman–Crippen LogP) is 4.39. The molecule has 0 fully saturated rings. The zero-order valence-corrected chi connectivity index (χ0v) is 10.9. The van der Waals surface area contributed by atoms with E-state index in [4.69, 9.17) is 28.9 Å². The highest BCUT2D eigenvalue weighted by atomic mass is 35.5. The molecule has 0 bridgehead atoms. The second kappa shape index (κ2) is 4.31. The number of nitrogens with two attached hydrogens (primary N) is 1. The molecule has 1 aromatic carbocycles. The van der Waals surface area contributed by atoms with E-state index in [1.807, 2.05) is 13.8 Å². The lowest BCUT2D eigenvalue weighted by atomic mass is 10.0. The molecule has 0 unspecified atom stereocenters. The van der Waals surface area contributed by atoms with Crippen LogP contribution >= 0.6 is 23.2 Å². The van der Waals surface area contributed by atoms with Crippen molar-refractivity contribution in [1.29, 1.82) is 0 Å². The molecule has 0 atom stereocenters. The van der Waals surface area contributed by atoms with Gasteiger partial charge < -0.3 is 5.73 Å². The summed E-state index contributed by atoms with van der Waals surface area (Å²) >= 11 is 11.6. The average Bonchev–Trinajstić information content (AvgIpc) is 2.25. The van der Waals surface area contributed by atoms with E-state index < -0.39 is 5.82 Å². The van der Waals surface area contributed by atoms with E-state index in [-0.39, 0.29) is 16.0 Å². The number of nitrogens with zero attached hydrogens (tertiary/aromatic N) is 1. The molecule has 5 heteroatoms. The first-order valence-electron chi connectivity index (χ1n) is 5.15. The van der Waals surface area contributed by atoms with Crippen molar-refractivity contribution in [2.24, 2.45) is 0 Å². The Kier molecular flexibility index (Phi) is 3.15. The van der Waals surface area contributed by atoms with Crippen molar-refractivity contribution in [3.05, 3.63) is 33.6 Å². The number of halogens is 3. The van der Waals surface area contributed by atoms with Crippen molar-refractivity contribution in [2.75, 3.05) is 5.73 Å². The number of hydrogen-bond donors (Lipinski definition) is 1. The van der Waals surface area contributed by atoms with Gasteiger partial charge in [-0.05, 0) is 23.6 Å². The Bertz CT molecular complexity index is 597. The standard InChI is InChI=1S/C12H11Cl2FN2/c1-5(2)6-3-7-9(17-12(6)16)4-8(13)11(15)10(7)14/h3-5H,1-2H3,(H2,16,17). The Morgan fingerprint density at radius 1 is 1.29 bits per heavy atom. The van der Waals surface area contributed by atoms with E-state index >= 15 is 0 Å². The molecule has 90 valence electrons. The summed E-state index contributed by atoms with van der Waals surface area (Å²) in [5.74, 6) is -0.00458. The largest absolute Gasteiger partial charge is 0.383 e. The van der Waals surface area contributed by atoms with Gasteiger partial charge in [-0.2, -0.15) is 0 Å². The molecular weight excluding hydrogens is 262 g/mol. The molecule has 2 nitrogen and oxygen atoms in total. The number of anilines is 1. The molecular formula is C12H11Cl2FN2. The lowest BCUT2D eigenvalue weighted by Crippen LogP contribution is -2.00. The van der Waals surface area contributed by atoms with Crippen LogP contribution in [0, 0.1) is 5.82 Å². The molecule has 0 aliphatic heterocycles. The maximum atomic E-state index is 13.6. The molecule has 1 aromatic heterocycles. The van der Waals surface area contributed by atoms with E-state index in [1.54, 1.807) is 6.07 Å². The molecule has 0 aliphatic rings. The van der Waals surface area contributed by atoms with Crippen LogP contribution in [0.1, 0.15) is 25.3 Å². The predicted molar refractivity (Wildman–Crippen MR) is 70.2 cm³/mol. The summed E-state index contributed by atoms with van der Waals surface area (Å²) in [5, 5.41) is 0.472. The topological polar surface area (TPSA) is 38.9 Å². The second-order valence-corrected chi connectivity index (χ2v) is 4.96. The summed E-state index contributed by atoms with van der Waals surface area (Å²) in [6, 6.07) is 3.20. The molecule has 0 radical (unpaired) electrons. The highest BCUT2D eigenvalue weighted by Crippen LogP contribution is 2.34. The van der Waals surface area contributed by atoms with E-state index in [0.717, 1.165) is 5.56 Å². The fourth-order valence-corrected chi connectivity index (χ4v) is 2.21. The summed E-state index contributed by atoms with van der Waals surface area (Å²) in [6.07, 6.45) is 0.